The Morgan fingerprint density at radius 1 is 1.54 bits per heavy atom. The van der Waals surface area contributed by atoms with Crippen molar-refractivity contribution >= 4 is 17.4 Å². The van der Waals surface area contributed by atoms with Gasteiger partial charge in [-0.05, 0) is 30.7 Å². The van der Waals surface area contributed by atoms with Crippen molar-refractivity contribution in [3.05, 3.63) is 35.0 Å². The van der Waals surface area contributed by atoms with Crippen molar-refractivity contribution in [2.75, 3.05) is 19.7 Å². The number of hydrogen-bond donors (Lipinski definition) is 1. The minimum absolute atomic E-state index is 0.0301. The molecule has 3 heterocycles. The van der Waals surface area contributed by atoms with Crippen LogP contribution in [0, 0.1) is 0 Å². The normalized spacial score (nSPS) is 17.1. The summed E-state index contributed by atoms with van der Waals surface area (Å²) in [5, 5.41) is 9.10. The van der Waals surface area contributed by atoms with Crippen molar-refractivity contribution in [1.29, 1.82) is 0 Å². The SMILES string of the molecule is O=C(NCCCn1cncn1)N(Cc1cccs1)C[C@@H]1CCCO1. The number of carbonyl (C=O) groups is 1. The lowest BCUT2D eigenvalue weighted by Gasteiger charge is -2.25. The molecule has 7 nitrogen and oxygen atoms in total. The predicted octanol–water partition coefficient (Wildman–Crippen LogP) is 2.12. The average molecular weight is 349 g/mol. The second kappa shape index (κ2) is 8.79. The molecule has 24 heavy (non-hydrogen) atoms. The zero-order valence-corrected chi connectivity index (χ0v) is 14.5. The summed E-state index contributed by atoms with van der Waals surface area (Å²) >= 11 is 1.67. The standard InChI is InChI=1S/C16H23N5O2S/c22-16(18-6-3-7-21-13-17-12-19-21)20(10-14-4-1-8-23-14)11-15-5-2-9-24-15/h2,5,9,12-14H,1,3-4,6-8,10-11H2,(H,18,22)/t14-/m0/s1. The Morgan fingerprint density at radius 3 is 3.21 bits per heavy atom. The average Bonchev–Trinajstić information content (AvgIpc) is 3.33. The summed E-state index contributed by atoms with van der Waals surface area (Å²) in [6.45, 7) is 3.44. The van der Waals surface area contributed by atoms with E-state index in [-0.39, 0.29) is 12.1 Å². The van der Waals surface area contributed by atoms with Crippen LogP contribution < -0.4 is 5.32 Å². The highest BCUT2D eigenvalue weighted by Gasteiger charge is 2.22. The molecule has 0 aliphatic carbocycles. The van der Waals surface area contributed by atoms with Gasteiger partial charge in [-0.1, -0.05) is 6.07 Å². The summed E-state index contributed by atoms with van der Waals surface area (Å²) in [5.41, 5.74) is 0. The summed E-state index contributed by atoms with van der Waals surface area (Å²) in [4.78, 5) is 19.5. The second-order valence-corrected chi connectivity index (χ2v) is 6.87. The summed E-state index contributed by atoms with van der Waals surface area (Å²) < 4.78 is 7.46. The maximum Gasteiger partial charge on any atom is 0.317 e. The molecule has 2 amide bonds. The molecule has 1 aliphatic rings. The lowest BCUT2D eigenvalue weighted by atomic mass is 10.2. The van der Waals surface area contributed by atoms with Gasteiger partial charge < -0.3 is 15.0 Å². The molecule has 0 saturated carbocycles. The van der Waals surface area contributed by atoms with Crippen LogP contribution in [-0.2, 0) is 17.8 Å². The maximum atomic E-state index is 12.5. The van der Waals surface area contributed by atoms with Crippen molar-refractivity contribution in [1.82, 2.24) is 25.0 Å². The van der Waals surface area contributed by atoms with Gasteiger partial charge in [0.1, 0.15) is 12.7 Å². The third kappa shape index (κ3) is 5.04. The number of carbonyl (C=O) groups excluding carboxylic acids is 1. The number of nitrogens with zero attached hydrogens (tertiary/aromatic N) is 4. The van der Waals surface area contributed by atoms with E-state index in [9.17, 15) is 4.79 Å². The Hall–Kier alpha value is -1.93. The zero-order valence-electron chi connectivity index (χ0n) is 13.6. The van der Waals surface area contributed by atoms with Crippen LogP contribution in [0.3, 0.4) is 0 Å². The number of urea groups is 1. The van der Waals surface area contributed by atoms with Gasteiger partial charge in [0.15, 0.2) is 0 Å². The highest BCUT2D eigenvalue weighted by molar-refractivity contribution is 7.09. The van der Waals surface area contributed by atoms with Crippen molar-refractivity contribution in [2.45, 2.75) is 38.5 Å². The number of thiophene rings is 1. The molecule has 0 aromatic carbocycles. The smallest absolute Gasteiger partial charge is 0.317 e. The molecular formula is C16H23N5O2S. The fourth-order valence-electron chi connectivity index (χ4n) is 2.74. The lowest BCUT2D eigenvalue weighted by Crippen LogP contribution is -2.43. The van der Waals surface area contributed by atoms with Crippen LogP contribution in [0.1, 0.15) is 24.1 Å². The molecule has 1 atom stereocenters. The predicted molar refractivity (Wildman–Crippen MR) is 91.7 cm³/mol. The van der Waals surface area contributed by atoms with E-state index in [0.717, 1.165) is 32.4 Å². The summed E-state index contributed by atoms with van der Waals surface area (Å²) in [6, 6.07) is 4.04. The van der Waals surface area contributed by atoms with E-state index in [1.54, 1.807) is 22.3 Å². The fraction of sp³-hybridized carbons (Fsp3) is 0.562. The highest BCUT2D eigenvalue weighted by Crippen LogP contribution is 2.17. The third-order valence-electron chi connectivity index (χ3n) is 3.97. The van der Waals surface area contributed by atoms with Gasteiger partial charge in [0.2, 0.25) is 0 Å². The first kappa shape index (κ1) is 16.9. The van der Waals surface area contributed by atoms with E-state index in [1.807, 2.05) is 16.3 Å². The van der Waals surface area contributed by atoms with Gasteiger partial charge >= 0.3 is 6.03 Å². The minimum Gasteiger partial charge on any atom is -0.376 e. The molecule has 2 aromatic rings. The monoisotopic (exact) mass is 349 g/mol. The van der Waals surface area contributed by atoms with Crippen LogP contribution >= 0.6 is 11.3 Å². The van der Waals surface area contributed by atoms with E-state index in [4.69, 9.17) is 4.74 Å². The van der Waals surface area contributed by atoms with Gasteiger partial charge in [-0.3, -0.25) is 4.68 Å². The molecule has 1 saturated heterocycles. The van der Waals surface area contributed by atoms with Gasteiger partial charge in [0, 0.05) is 31.1 Å². The van der Waals surface area contributed by atoms with Gasteiger partial charge in [-0.25, -0.2) is 9.78 Å². The van der Waals surface area contributed by atoms with Crippen molar-refractivity contribution < 1.29 is 9.53 Å². The van der Waals surface area contributed by atoms with Crippen LogP contribution in [0.15, 0.2) is 30.2 Å². The first-order chi connectivity index (χ1) is 11.8. The first-order valence-electron chi connectivity index (χ1n) is 8.30. The number of rotatable bonds is 8. The third-order valence-corrected chi connectivity index (χ3v) is 4.83. The number of aromatic nitrogens is 3. The molecule has 0 radical (unpaired) electrons. The Kier molecular flexibility index (Phi) is 6.20. The Labute approximate surface area is 145 Å². The quantitative estimate of drug-likeness (QED) is 0.741. The van der Waals surface area contributed by atoms with Crippen LogP contribution in [0.4, 0.5) is 4.79 Å². The largest absolute Gasteiger partial charge is 0.376 e. The zero-order chi connectivity index (χ0) is 16.6. The van der Waals surface area contributed by atoms with Crippen molar-refractivity contribution in [3.63, 3.8) is 0 Å². The Morgan fingerprint density at radius 2 is 2.50 bits per heavy atom. The fourth-order valence-corrected chi connectivity index (χ4v) is 3.46. The van der Waals surface area contributed by atoms with Crippen molar-refractivity contribution in [3.8, 4) is 0 Å². The van der Waals surface area contributed by atoms with Crippen LogP contribution in [0.5, 0.6) is 0 Å². The van der Waals surface area contributed by atoms with Gasteiger partial charge in [0.05, 0.1) is 12.6 Å². The molecule has 130 valence electrons. The van der Waals surface area contributed by atoms with Crippen LogP contribution in [0.2, 0.25) is 0 Å². The van der Waals surface area contributed by atoms with E-state index < -0.39 is 0 Å². The molecule has 1 N–H and O–H groups in total. The van der Waals surface area contributed by atoms with E-state index in [0.29, 0.717) is 19.6 Å². The summed E-state index contributed by atoms with van der Waals surface area (Å²) in [5.74, 6) is 0. The minimum atomic E-state index is -0.0301. The number of hydrogen-bond acceptors (Lipinski definition) is 5. The molecule has 0 spiro atoms. The van der Waals surface area contributed by atoms with E-state index in [1.165, 1.54) is 11.2 Å². The van der Waals surface area contributed by atoms with Crippen molar-refractivity contribution in [2.24, 2.45) is 0 Å². The second-order valence-electron chi connectivity index (χ2n) is 5.84. The first-order valence-corrected chi connectivity index (χ1v) is 9.18. The summed E-state index contributed by atoms with van der Waals surface area (Å²) in [6.07, 6.45) is 6.29. The highest BCUT2D eigenvalue weighted by atomic mass is 32.1. The van der Waals surface area contributed by atoms with Gasteiger partial charge in [-0.2, -0.15) is 5.10 Å². The van der Waals surface area contributed by atoms with E-state index in [2.05, 4.69) is 21.5 Å². The Balaban J connectivity index is 1.47. The molecule has 8 heteroatoms. The molecule has 2 aromatic heterocycles. The lowest BCUT2D eigenvalue weighted by molar-refractivity contribution is 0.0797. The summed E-state index contributed by atoms with van der Waals surface area (Å²) in [7, 11) is 0. The van der Waals surface area contributed by atoms with Gasteiger partial charge in [-0.15, -0.1) is 11.3 Å². The molecule has 0 unspecified atom stereocenters. The molecule has 1 fully saturated rings. The molecule has 1 aliphatic heterocycles. The number of amides is 2. The maximum absolute atomic E-state index is 12.5. The van der Waals surface area contributed by atoms with E-state index >= 15 is 0 Å². The van der Waals surface area contributed by atoms with Crippen LogP contribution in [0.25, 0.3) is 0 Å². The number of nitrogens with one attached hydrogen (secondary N) is 1. The van der Waals surface area contributed by atoms with Crippen LogP contribution in [-0.4, -0.2) is 51.5 Å². The topological polar surface area (TPSA) is 72.3 Å². The van der Waals surface area contributed by atoms with Gasteiger partial charge in [0.25, 0.3) is 0 Å². The number of aryl methyl sites for hydroxylation is 1. The molecule has 3 rings (SSSR count). The Bertz CT molecular complexity index is 596. The molecule has 0 bridgehead atoms. The molecular weight excluding hydrogens is 326 g/mol. The number of ether oxygens (including phenoxy) is 1.